The molecule has 0 aromatic heterocycles. The van der Waals surface area contributed by atoms with Crippen LogP contribution in [-0.2, 0) is 22.1 Å². The Morgan fingerprint density at radius 2 is 1.88 bits per heavy atom. The van der Waals surface area contributed by atoms with Gasteiger partial charge < -0.3 is 5.73 Å². The van der Waals surface area contributed by atoms with E-state index in [0.29, 0.717) is 17.1 Å². The first-order valence-electron chi connectivity index (χ1n) is 5.37. The molecule has 0 saturated heterocycles. The van der Waals surface area contributed by atoms with E-state index in [1.54, 1.807) is 39.0 Å². The number of benzene rings is 1. The predicted molar refractivity (Wildman–Crippen MR) is 71.7 cm³/mol. The molecule has 0 fully saturated rings. The largest absolute Gasteiger partial charge is 0.326 e. The van der Waals surface area contributed by atoms with Gasteiger partial charge in [-0.1, -0.05) is 23.7 Å². The molecule has 0 spiro atoms. The molecule has 0 aliphatic carbocycles. The maximum Gasteiger partial charge on any atom is 0.159 e. The Balaban J connectivity index is 3.05. The van der Waals surface area contributed by atoms with Gasteiger partial charge in [0.05, 0.1) is 10.5 Å². The van der Waals surface area contributed by atoms with Crippen LogP contribution < -0.4 is 5.73 Å². The number of sulfone groups is 1. The lowest BCUT2D eigenvalue weighted by molar-refractivity contribution is 0.559. The highest BCUT2D eigenvalue weighted by Crippen LogP contribution is 2.25. The van der Waals surface area contributed by atoms with Gasteiger partial charge in [-0.05, 0) is 38.0 Å². The summed E-state index contributed by atoms with van der Waals surface area (Å²) in [5, 5.41) is 0.459. The van der Waals surface area contributed by atoms with Crippen molar-refractivity contribution in [3.63, 3.8) is 0 Å². The molecule has 1 aromatic carbocycles. The molecule has 1 aromatic rings. The Labute approximate surface area is 108 Å². The Morgan fingerprint density at radius 3 is 2.29 bits per heavy atom. The zero-order chi connectivity index (χ0) is 13.3. The van der Waals surface area contributed by atoms with Crippen LogP contribution >= 0.6 is 11.6 Å². The van der Waals surface area contributed by atoms with Crippen molar-refractivity contribution in [3.05, 3.63) is 34.3 Å². The highest BCUT2D eigenvalue weighted by atomic mass is 35.5. The van der Waals surface area contributed by atoms with Crippen molar-refractivity contribution in [3.8, 4) is 0 Å². The van der Waals surface area contributed by atoms with E-state index < -0.39 is 14.6 Å². The van der Waals surface area contributed by atoms with Crippen molar-refractivity contribution < 1.29 is 8.42 Å². The van der Waals surface area contributed by atoms with Gasteiger partial charge in [-0.3, -0.25) is 0 Å². The topological polar surface area (TPSA) is 60.2 Å². The molecule has 0 atom stereocenters. The predicted octanol–water partition coefficient (Wildman–Crippen LogP) is 2.51. The first kappa shape index (κ1) is 14.5. The summed E-state index contributed by atoms with van der Waals surface area (Å²) in [6.45, 7) is 5.45. The number of rotatable bonds is 3. The van der Waals surface area contributed by atoms with Crippen LogP contribution in [0.25, 0.3) is 0 Å². The Kier molecular flexibility index (Phi) is 4.23. The van der Waals surface area contributed by atoms with Crippen LogP contribution in [0.2, 0.25) is 5.02 Å². The van der Waals surface area contributed by atoms with Crippen LogP contribution in [0, 0.1) is 0 Å². The van der Waals surface area contributed by atoms with E-state index in [2.05, 4.69) is 0 Å². The number of nitrogens with two attached hydrogens (primary N) is 1. The van der Waals surface area contributed by atoms with Crippen molar-refractivity contribution in [2.75, 3.05) is 0 Å². The first-order chi connectivity index (χ1) is 7.67. The van der Waals surface area contributed by atoms with Crippen LogP contribution in [0.5, 0.6) is 0 Å². The van der Waals surface area contributed by atoms with Crippen LogP contribution in [0.4, 0.5) is 0 Å². The number of hydrogen-bond acceptors (Lipinski definition) is 3. The third-order valence-electron chi connectivity index (χ3n) is 2.63. The minimum atomic E-state index is -3.21. The van der Waals surface area contributed by atoms with Gasteiger partial charge in [0.2, 0.25) is 0 Å². The van der Waals surface area contributed by atoms with Gasteiger partial charge in [-0.15, -0.1) is 0 Å². The van der Waals surface area contributed by atoms with Gasteiger partial charge in [0.25, 0.3) is 0 Å². The second-order valence-corrected chi connectivity index (χ2v) is 8.15. The summed E-state index contributed by atoms with van der Waals surface area (Å²) in [4.78, 5) is 0. The SMILES string of the molecule is CC(C)(C)S(=O)(=O)Cc1ccc(CN)cc1Cl. The summed E-state index contributed by atoms with van der Waals surface area (Å²) in [6, 6.07) is 5.25. The lowest BCUT2D eigenvalue weighted by Crippen LogP contribution is -2.29. The second-order valence-electron chi connectivity index (χ2n) is 5.00. The second kappa shape index (κ2) is 4.96. The van der Waals surface area contributed by atoms with Crippen LogP contribution in [0.3, 0.4) is 0 Å². The highest BCUT2D eigenvalue weighted by molar-refractivity contribution is 7.91. The minimum Gasteiger partial charge on any atom is -0.326 e. The normalized spacial score (nSPS) is 12.8. The Hall–Kier alpha value is -0.580. The molecule has 0 radical (unpaired) electrons. The van der Waals surface area contributed by atoms with E-state index in [1.165, 1.54) is 0 Å². The third kappa shape index (κ3) is 3.44. The zero-order valence-corrected chi connectivity index (χ0v) is 11.9. The summed E-state index contributed by atoms with van der Waals surface area (Å²) in [6.07, 6.45) is 0. The molecule has 0 aliphatic rings. The van der Waals surface area contributed by atoms with E-state index in [-0.39, 0.29) is 5.75 Å². The standard InChI is InChI=1S/C12H18ClNO2S/c1-12(2,3)17(15,16)8-10-5-4-9(7-14)6-11(10)13/h4-6H,7-8,14H2,1-3H3. The smallest absolute Gasteiger partial charge is 0.159 e. The third-order valence-corrected chi connectivity index (χ3v) is 5.54. The molecule has 0 unspecified atom stereocenters. The van der Waals surface area contributed by atoms with Crippen molar-refractivity contribution in [2.24, 2.45) is 5.73 Å². The summed E-state index contributed by atoms with van der Waals surface area (Å²) in [5.74, 6) is -0.0415. The lowest BCUT2D eigenvalue weighted by atomic mass is 10.1. The maximum atomic E-state index is 12.0. The van der Waals surface area contributed by atoms with Crippen LogP contribution in [0.15, 0.2) is 18.2 Å². The average Bonchev–Trinajstić information content (AvgIpc) is 2.19. The maximum absolute atomic E-state index is 12.0. The number of halogens is 1. The molecule has 0 bridgehead atoms. The van der Waals surface area contributed by atoms with Gasteiger partial charge in [0.1, 0.15) is 0 Å². The molecule has 3 nitrogen and oxygen atoms in total. The van der Waals surface area contributed by atoms with E-state index in [1.807, 2.05) is 0 Å². The molecule has 5 heteroatoms. The van der Waals surface area contributed by atoms with Gasteiger partial charge in [-0.25, -0.2) is 8.42 Å². The fourth-order valence-corrected chi connectivity index (χ4v) is 2.70. The summed E-state index contributed by atoms with van der Waals surface area (Å²) in [5.41, 5.74) is 7.01. The van der Waals surface area contributed by atoms with Gasteiger partial charge >= 0.3 is 0 Å². The molecular formula is C12H18ClNO2S. The zero-order valence-electron chi connectivity index (χ0n) is 10.3. The first-order valence-corrected chi connectivity index (χ1v) is 7.40. The molecule has 96 valence electrons. The molecule has 2 N–H and O–H groups in total. The summed E-state index contributed by atoms with van der Waals surface area (Å²) >= 11 is 6.04. The van der Waals surface area contributed by atoms with Crippen LogP contribution in [-0.4, -0.2) is 13.2 Å². The average molecular weight is 276 g/mol. The monoisotopic (exact) mass is 275 g/mol. The molecule has 0 heterocycles. The van der Waals surface area contributed by atoms with E-state index in [9.17, 15) is 8.42 Å². The highest BCUT2D eigenvalue weighted by Gasteiger charge is 2.29. The molecular weight excluding hydrogens is 258 g/mol. The van der Waals surface area contributed by atoms with Crippen molar-refractivity contribution in [2.45, 2.75) is 37.8 Å². The van der Waals surface area contributed by atoms with Crippen molar-refractivity contribution >= 4 is 21.4 Å². The van der Waals surface area contributed by atoms with Crippen LogP contribution in [0.1, 0.15) is 31.9 Å². The summed E-state index contributed by atoms with van der Waals surface area (Å²) in [7, 11) is -3.21. The van der Waals surface area contributed by atoms with E-state index >= 15 is 0 Å². The Bertz CT molecular complexity index is 504. The molecule has 0 aliphatic heterocycles. The minimum absolute atomic E-state index is 0.0415. The summed E-state index contributed by atoms with van der Waals surface area (Å²) < 4.78 is 23.3. The molecule has 0 amide bonds. The van der Waals surface area contributed by atoms with E-state index in [4.69, 9.17) is 17.3 Å². The lowest BCUT2D eigenvalue weighted by Gasteiger charge is -2.19. The van der Waals surface area contributed by atoms with Crippen molar-refractivity contribution in [1.82, 2.24) is 0 Å². The molecule has 1 rings (SSSR count). The Morgan fingerprint density at radius 1 is 1.29 bits per heavy atom. The van der Waals surface area contributed by atoms with Gasteiger partial charge in [0, 0.05) is 11.6 Å². The van der Waals surface area contributed by atoms with Gasteiger partial charge in [-0.2, -0.15) is 0 Å². The van der Waals surface area contributed by atoms with Gasteiger partial charge in [0.15, 0.2) is 9.84 Å². The van der Waals surface area contributed by atoms with Crippen molar-refractivity contribution in [1.29, 1.82) is 0 Å². The quantitative estimate of drug-likeness (QED) is 0.922. The molecule has 17 heavy (non-hydrogen) atoms. The fraction of sp³-hybridized carbons (Fsp3) is 0.500. The fourth-order valence-electron chi connectivity index (χ4n) is 1.26. The number of hydrogen-bond donors (Lipinski definition) is 1. The molecule has 0 saturated carbocycles. The van der Waals surface area contributed by atoms with E-state index in [0.717, 1.165) is 5.56 Å².